The molecule has 1 aromatic rings. The van der Waals surface area contributed by atoms with Gasteiger partial charge in [0, 0.05) is 13.1 Å². The molecule has 0 N–H and O–H groups in total. The molecule has 0 saturated carbocycles. The Balaban J connectivity index is 2.06. The third kappa shape index (κ3) is 2.44. The van der Waals surface area contributed by atoms with Crippen molar-refractivity contribution in [3.8, 4) is 6.07 Å². The number of hydrogen-bond donors (Lipinski definition) is 0. The molecule has 1 unspecified atom stereocenters. The fourth-order valence-corrected chi connectivity index (χ4v) is 2.00. The second kappa shape index (κ2) is 4.95. The van der Waals surface area contributed by atoms with Crippen LogP contribution in [0.1, 0.15) is 38.1 Å². The van der Waals surface area contributed by atoms with Gasteiger partial charge in [0.25, 0.3) is 5.82 Å². The van der Waals surface area contributed by atoms with Crippen molar-refractivity contribution in [3.05, 3.63) is 12.2 Å². The standard InChI is InChI=1S/C11H15N5O/c1-9(16-8-13-10(7-12)14-16)11(17)15-5-3-2-4-6-15/h8-9H,2-6H2,1H3. The highest BCUT2D eigenvalue weighted by atomic mass is 16.2. The van der Waals surface area contributed by atoms with Gasteiger partial charge in [-0.1, -0.05) is 0 Å². The van der Waals surface area contributed by atoms with E-state index in [4.69, 9.17) is 5.26 Å². The van der Waals surface area contributed by atoms with Gasteiger partial charge in [-0.2, -0.15) is 5.26 Å². The second-order valence-electron chi connectivity index (χ2n) is 4.22. The number of nitrogens with zero attached hydrogens (tertiary/aromatic N) is 5. The Hall–Kier alpha value is -1.90. The first-order valence-electron chi connectivity index (χ1n) is 5.82. The molecule has 1 aliphatic rings. The van der Waals surface area contributed by atoms with Gasteiger partial charge in [-0.05, 0) is 26.2 Å². The monoisotopic (exact) mass is 233 g/mol. The molecular formula is C11H15N5O. The number of rotatable bonds is 2. The van der Waals surface area contributed by atoms with Crippen LogP contribution in [0.2, 0.25) is 0 Å². The number of nitriles is 1. The quantitative estimate of drug-likeness (QED) is 0.754. The van der Waals surface area contributed by atoms with E-state index in [1.165, 1.54) is 17.4 Å². The molecule has 1 aliphatic heterocycles. The third-order valence-electron chi connectivity index (χ3n) is 3.03. The van der Waals surface area contributed by atoms with E-state index in [1.54, 1.807) is 6.92 Å². The van der Waals surface area contributed by atoms with Crippen molar-refractivity contribution >= 4 is 5.91 Å². The number of aromatic nitrogens is 3. The van der Waals surface area contributed by atoms with E-state index in [1.807, 2.05) is 11.0 Å². The molecule has 6 nitrogen and oxygen atoms in total. The third-order valence-corrected chi connectivity index (χ3v) is 3.03. The highest BCUT2D eigenvalue weighted by Crippen LogP contribution is 2.14. The van der Waals surface area contributed by atoms with Crippen LogP contribution >= 0.6 is 0 Å². The van der Waals surface area contributed by atoms with Crippen LogP contribution < -0.4 is 0 Å². The molecule has 1 amide bonds. The van der Waals surface area contributed by atoms with Crippen LogP contribution in [0, 0.1) is 11.3 Å². The van der Waals surface area contributed by atoms with Crippen LogP contribution in [0.5, 0.6) is 0 Å². The Morgan fingerprint density at radius 3 is 2.76 bits per heavy atom. The number of carbonyl (C=O) groups excluding carboxylic acids is 1. The molecule has 0 radical (unpaired) electrons. The zero-order valence-electron chi connectivity index (χ0n) is 9.83. The maximum Gasteiger partial charge on any atom is 0.252 e. The van der Waals surface area contributed by atoms with E-state index in [0.717, 1.165) is 25.9 Å². The minimum Gasteiger partial charge on any atom is -0.341 e. The molecule has 0 bridgehead atoms. The predicted molar refractivity (Wildman–Crippen MR) is 59.9 cm³/mol. The molecule has 1 saturated heterocycles. The van der Waals surface area contributed by atoms with E-state index >= 15 is 0 Å². The Kier molecular flexibility index (Phi) is 3.38. The molecule has 2 rings (SSSR count). The number of piperidine rings is 1. The van der Waals surface area contributed by atoms with Gasteiger partial charge in [0.1, 0.15) is 18.4 Å². The molecule has 6 heteroatoms. The lowest BCUT2D eigenvalue weighted by atomic mass is 10.1. The first-order valence-corrected chi connectivity index (χ1v) is 5.82. The first kappa shape index (κ1) is 11.6. The molecule has 2 heterocycles. The van der Waals surface area contributed by atoms with Gasteiger partial charge in [0.2, 0.25) is 5.91 Å². The van der Waals surface area contributed by atoms with Gasteiger partial charge in [-0.15, -0.1) is 5.10 Å². The van der Waals surface area contributed by atoms with Crippen molar-refractivity contribution in [2.75, 3.05) is 13.1 Å². The van der Waals surface area contributed by atoms with Crippen LogP contribution in [-0.4, -0.2) is 38.7 Å². The van der Waals surface area contributed by atoms with Crippen molar-refractivity contribution in [1.29, 1.82) is 5.26 Å². The van der Waals surface area contributed by atoms with Gasteiger partial charge in [-0.25, -0.2) is 9.67 Å². The van der Waals surface area contributed by atoms with E-state index < -0.39 is 0 Å². The van der Waals surface area contributed by atoms with Gasteiger partial charge in [0.15, 0.2) is 0 Å². The van der Waals surface area contributed by atoms with Crippen molar-refractivity contribution in [2.45, 2.75) is 32.2 Å². The maximum absolute atomic E-state index is 12.2. The van der Waals surface area contributed by atoms with Crippen molar-refractivity contribution in [3.63, 3.8) is 0 Å². The number of likely N-dealkylation sites (tertiary alicyclic amines) is 1. The minimum absolute atomic E-state index is 0.0547. The lowest BCUT2D eigenvalue weighted by Crippen LogP contribution is -2.39. The van der Waals surface area contributed by atoms with Gasteiger partial charge in [-0.3, -0.25) is 4.79 Å². The molecule has 90 valence electrons. The molecule has 0 spiro atoms. The average molecular weight is 233 g/mol. The van der Waals surface area contributed by atoms with Crippen LogP contribution in [0.15, 0.2) is 6.33 Å². The summed E-state index contributed by atoms with van der Waals surface area (Å²) in [5.74, 6) is 0.155. The first-order chi connectivity index (χ1) is 8.22. The molecular weight excluding hydrogens is 218 g/mol. The smallest absolute Gasteiger partial charge is 0.252 e. The summed E-state index contributed by atoms with van der Waals surface area (Å²) in [4.78, 5) is 17.8. The maximum atomic E-state index is 12.2. The van der Waals surface area contributed by atoms with Gasteiger partial charge < -0.3 is 4.90 Å². The average Bonchev–Trinajstić information content (AvgIpc) is 2.87. The summed E-state index contributed by atoms with van der Waals surface area (Å²) >= 11 is 0. The summed E-state index contributed by atoms with van der Waals surface area (Å²) < 4.78 is 1.45. The van der Waals surface area contributed by atoms with E-state index in [0.29, 0.717) is 0 Å². The zero-order valence-corrected chi connectivity index (χ0v) is 9.83. The second-order valence-corrected chi connectivity index (χ2v) is 4.22. The van der Waals surface area contributed by atoms with E-state index in [2.05, 4.69) is 10.1 Å². The topological polar surface area (TPSA) is 74.8 Å². The summed E-state index contributed by atoms with van der Waals surface area (Å²) in [7, 11) is 0. The van der Waals surface area contributed by atoms with E-state index in [-0.39, 0.29) is 17.8 Å². The predicted octanol–water partition coefficient (Wildman–Crippen LogP) is 0.723. The molecule has 0 aliphatic carbocycles. The summed E-state index contributed by atoms with van der Waals surface area (Å²) in [6, 6.07) is 1.47. The Bertz CT molecular complexity index is 441. The Morgan fingerprint density at radius 2 is 2.18 bits per heavy atom. The number of carbonyl (C=O) groups is 1. The Labute approximate surface area is 99.9 Å². The highest BCUT2D eigenvalue weighted by molar-refractivity contribution is 5.80. The molecule has 17 heavy (non-hydrogen) atoms. The summed E-state index contributed by atoms with van der Waals surface area (Å²) in [6.07, 6.45) is 4.77. The lowest BCUT2D eigenvalue weighted by molar-refractivity contribution is -0.135. The normalized spacial score (nSPS) is 17.5. The number of amides is 1. The van der Waals surface area contributed by atoms with Gasteiger partial charge >= 0.3 is 0 Å². The SMILES string of the molecule is CC(C(=O)N1CCCCC1)n1cnc(C#N)n1. The van der Waals surface area contributed by atoms with Gasteiger partial charge in [0.05, 0.1) is 0 Å². The van der Waals surface area contributed by atoms with Crippen molar-refractivity contribution < 1.29 is 4.79 Å². The van der Waals surface area contributed by atoms with Crippen LogP contribution in [0.4, 0.5) is 0 Å². The van der Waals surface area contributed by atoms with Crippen molar-refractivity contribution in [1.82, 2.24) is 19.7 Å². The Morgan fingerprint density at radius 1 is 1.47 bits per heavy atom. The van der Waals surface area contributed by atoms with Crippen LogP contribution in [-0.2, 0) is 4.79 Å². The lowest BCUT2D eigenvalue weighted by Gasteiger charge is -2.29. The molecule has 1 aromatic heterocycles. The van der Waals surface area contributed by atoms with Crippen molar-refractivity contribution in [2.24, 2.45) is 0 Å². The molecule has 0 aromatic carbocycles. The largest absolute Gasteiger partial charge is 0.341 e. The summed E-state index contributed by atoms with van der Waals surface area (Å²) in [5.41, 5.74) is 0. The number of hydrogen-bond acceptors (Lipinski definition) is 4. The minimum atomic E-state index is -0.386. The van der Waals surface area contributed by atoms with E-state index in [9.17, 15) is 4.79 Å². The summed E-state index contributed by atoms with van der Waals surface area (Å²) in [5, 5.41) is 12.6. The zero-order chi connectivity index (χ0) is 12.3. The summed E-state index contributed by atoms with van der Waals surface area (Å²) in [6.45, 7) is 3.43. The van der Waals surface area contributed by atoms with Crippen LogP contribution in [0.25, 0.3) is 0 Å². The molecule has 1 fully saturated rings. The molecule has 1 atom stereocenters. The fourth-order valence-electron chi connectivity index (χ4n) is 2.00. The fraction of sp³-hybridized carbons (Fsp3) is 0.636. The highest BCUT2D eigenvalue weighted by Gasteiger charge is 2.24. The van der Waals surface area contributed by atoms with Crippen LogP contribution in [0.3, 0.4) is 0 Å².